The Bertz CT molecular complexity index is 1140. The van der Waals surface area contributed by atoms with E-state index in [1.165, 1.54) is 18.1 Å². The van der Waals surface area contributed by atoms with E-state index in [9.17, 15) is 8.42 Å². The Morgan fingerprint density at radius 2 is 1.68 bits per heavy atom. The summed E-state index contributed by atoms with van der Waals surface area (Å²) >= 11 is 6.17. The van der Waals surface area contributed by atoms with Crippen LogP contribution in [0.2, 0.25) is 5.02 Å². The molecule has 2 aromatic carbocycles. The highest BCUT2D eigenvalue weighted by molar-refractivity contribution is 7.90. The van der Waals surface area contributed by atoms with Gasteiger partial charge in [0.25, 0.3) is 0 Å². The summed E-state index contributed by atoms with van der Waals surface area (Å²) in [5.41, 5.74) is 3.09. The quantitative estimate of drug-likeness (QED) is 0.652. The number of rotatable bonds is 3. The Kier molecular flexibility index (Phi) is 4.89. The van der Waals surface area contributed by atoms with Gasteiger partial charge in [0.15, 0.2) is 9.84 Å². The smallest absolute Gasteiger partial charge is 0.175 e. The molecule has 1 fully saturated rings. The van der Waals surface area contributed by atoms with E-state index in [1.807, 2.05) is 18.2 Å². The van der Waals surface area contributed by atoms with Crippen molar-refractivity contribution in [3.05, 3.63) is 53.3 Å². The summed E-state index contributed by atoms with van der Waals surface area (Å²) in [6.45, 7) is 5.31. The molecular weight excluding hydrogens is 396 g/mol. The molecule has 1 aliphatic rings. The van der Waals surface area contributed by atoms with Crippen molar-refractivity contribution in [2.45, 2.75) is 11.8 Å². The Labute approximate surface area is 169 Å². The molecule has 8 heteroatoms. The highest BCUT2D eigenvalue weighted by Crippen LogP contribution is 2.29. The van der Waals surface area contributed by atoms with E-state index in [1.54, 1.807) is 18.2 Å². The molecule has 2 heterocycles. The number of benzene rings is 2. The molecule has 3 aromatic rings. The van der Waals surface area contributed by atoms with Crippen LogP contribution >= 0.6 is 11.6 Å². The van der Waals surface area contributed by atoms with Gasteiger partial charge in [-0.05, 0) is 42.8 Å². The van der Waals surface area contributed by atoms with E-state index in [0.29, 0.717) is 0 Å². The van der Waals surface area contributed by atoms with E-state index in [2.05, 4.69) is 26.7 Å². The number of halogens is 1. The van der Waals surface area contributed by atoms with Crippen molar-refractivity contribution in [1.29, 1.82) is 0 Å². The summed E-state index contributed by atoms with van der Waals surface area (Å²) in [4.78, 5) is 13.5. The maximum Gasteiger partial charge on any atom is 0.175 e. The minimum atomic E-state index is -3.29. The van der Waals surface area contributed by atoms with Crippen molar-refractivity contribution >= 4 is 43.8 Å². The van der Waals surface area contributed by atoms with Gasteiger partial charge in [-0.3, -0.25) is 0 Å². The predicted octanol–water partition coefficient (Wildman–Crippen LogP) is 3.32. The number of aryl methyl sites for hydroxylation is 1. The van der Waals surface area contributed by atoms with E-state index >= 15 is 0 Å². The number of sulfone groups is 1. The molecule has 0 bridgehead atoms. The molecule has 0 saturated carbocycles. The van der Waals surface area contributed by atoms with Gasteiger partial charge in [-0.25, -0.2) is 18.4 Å². The van der Waals surface area contributed by atoms with Crippen LogP contribution < -0.4 is 9.80 Å². The molecule has 0 N–H and O–H groups in total. The SMILES string of the molecule is Cc1ccc(Cl)cc1N1CCN(c2ncnc3ccc(S(C)(=O)=O)cc23)CC1. The Hall–Kier alpha value is -2.38. The fourth-order valence-electron chi connectivity index (χ4n) is 3.59. The lowest BCUT2D eigenvalue weighted by atomic mass is 10.1. The second kappa shape index (κ2) is 7.22. The maximum absolute atomic E-state index is 12.0. The minimum absolute atomic E-state index is 0.282. The molecule has 0 unspecified atom stereocenters. The van der Waals surface area contributed by atoms with Crippen molar-refractivity contribution in [1.82, 2.24) is 9.97 Å². The average Bonchev–Trinajstić information content (AvgIpc) is 2.68. The van der Waals surface area contributed by atoms with Crippen molar-refractivity contribution in [3.63, 3.8) is 0 Å². The molecule has 28 heavy (non-hydrogen) atoms. The van der Waals surface area contributed by atoms with Crippen LogP contribution in [0, 0.1) is 6.92 Å². The third-order valence-corrected chi connectivity index (χ3v) is 6.45. The van der Waals surface area contributed by atoms with E-state index < -0.39 is 9.84 Å². The maximum atomic E-state index is 12.0. The van der Waals surface area contributed by atoms with Gasteiger partial charge in [0, 0.05) is 48.5 Å². The van der Waals surface area contributed by atoms with E-state index in [-0.39, 0.29) is 4.90 Å². The molecule has 146 valence electrons. The Balaban J connectivity index is 1.63. The molecule has 1 saturated heterocycles. The zero-order valence-corrected chi connectivity index (χ0v) is 17.3. The van der Waals surface area contributed by atoms with Crippen LogP contribution in [-0.4, -0.2) is 50.8 Å². The predicted molar refractivity (Wildman–Crippen MR) is 113 cm³/mol. The third kappa shape index (κ3) is 3.64. The lowest BCUT2D eigenvalue weighted by Crippen LogP contribution is -2.47. The fourth-order valence-corrected chi connectivity index (χ4v) is 4.40. The van der Waals surface area contributed by atoms with Gasteiger partial charge in [0.1, 0.15) is 12.1 Å². The fraction of sp³-hybridized carbons (Fsp3) is 0.300. The van der Waals surface area contributed by atoms with Gasteiger partial charge in [-0.2, -0.15) is 0 Å². The Morgan fingerprint density at radius 1 is 0.964 bits per heavy atom. The van der Waals surface area contributed by atoms with E-state index in [4.69, 9.17) is 11.6 Å². The first-order valence-electron chi connectivity index (χ1n) is 9.04. The van der Waals surface area contributed by atoms with Gasteiger partial charge in [-0.1, -0.05) is 17.7 Å². The van der Waals surface area contributed by atoms with Gasteiger partial charge in [0.2, 0.25) is 0 Å². The summed E-state index contributed by atoms with van der Waals surface area (Å²) in [7, 11) is -3.29. The van der Waals surface area contributed by atoms with Gasteiger partial charge in [0.05, 0.1) is 10.4 Å². The van der Waals surface area contributed by atoms with Crippen LogP contribution in [0.25, 0.3) is 10.9 Å². The molecule has 0 spiro atoms. The summed E-state index contributed by atoms with van der Waals surface area (Å²) in [5.74, 6) is 0.776. The largest absolute Gasteiger partial charge is 0.368 e. The van der Waals surface area contributed by atoms with Crippen LogP contribution in [0.1, 0.15) is 5.56 Å². The number of hydrogen-bond donors (Lipinski definition) is 0. The minimum Gasteiger partial charge on any atom is -0.368 e. The molecule has 1 aromatic heterocycles. The lowest BCUT2D eigenvalue weighted by Gasteiger charge is -2.37. The monoisotopic (exact) mass is 416 g/mol. The van der Waals surface area contributed by atoms with Crippen molar-refractivity contribution in [3.8, 4) is 0 Å². The van der Waals surface area contributed by atoms with Crippen molar-refractivity contribution < 1.29 is 8.42 Å². The van der Waals surface area contributed by atoms with Crippen LogP contribution in [0.5, 0.6) is 0 Å². The molecule has 0 aliphatic carbocycles. The Morgan fingerprint density at radius 3 is 2.39 bits per heavy atom. The first-order valence-corrected chi connectivity index (χ1v) is 11.3. The zero-order chi connectivity index (χ0) is 19.9. The number of anilines is 2. The summed E-state index contributed by atoms with van der Waals surface area (Å²) in [6.07, 6.45) is 2.75. The van der Waals surface area contributed by atoms with Crippen LogP contribution in [0.3, 0.4) is 0 Å². The average molecular weight is 417 g/mol. The standard InChI is InChI=1S/C20H21ClN4O2S/c1-14-3-4-15(21)11-19(14)24-7-9-25(10-8-24)20-17-12-16(28(2,26)27)5-6-18(17)22-13-23-20/h3-6,11-13H,7-10H2,1-2H3. The topological polar surface area (TPSA) is 66.4 Å². The van der Waals surface area contributed by atoms with Crippen molar-refractivity contribution in [2.24, 2.45) is 0 Å². The molecule has 6 nitrogen and oxygen atoms in total. The molecule has 1 aliphatic heterocycles. The highest BCUT2D eigenvalue weighted by Gasteiger charge is 2.22. The molecule has 0 radical (unpaired) electrons. The first-order chi connectivity index (χ1) is 13.3. The normalized spacial score (nSPS) is 15.2. The molecule has 4 rings (SSSR count). The number of piperazine rings is 1. The summed E-state index contributed by atoms with van der Waals surface area (Å²) < 4.78 is 23.9. The lowest BCUT2D eigenvalue weighted by molar-refractivity contribution is 0.602. The van der Waals surface area contributed by atoms with Gasteiger partial charge < -0.3 is 9.80 Å². The third-order valence-electron chi connectivity index (χ3n) is 5.10. The molecule has 0 amide bonds. The number of aromatic nitrogens is 2. The molecule has 0 atom stereocenters. The second-order valence-electron chi connectivity index (χ2n) is 7.05. The van der Waals surface area contributed by atoms with Gasteiger partial charge >= 0.3 is 0 Å². The van der Waals surface area contributed by atoms with Crippen molar-refractivity contribution in [2.75, 3.05) is 42.2 Å². The highest BCUT2D eigenvalue weighted by atomic mass is 35.5. The first kappa shape index (κ1) is 19.0. The van der Waals surface area contributed by atoms with E-state index in [0.717, 1.165) is 53.6 Å². The number of hydrogen-bond acceptors (Lipinski definition) is 6. The van der Waals surface area contributed by atoms with Crippen LogP contribution in [0.4, 0.5) is 11.5 Å². The molecular formula is C20H21ClN4O2S. The number of nitrogens with zero attached hydrogens (tertiary/aromatic N) is 4. The zero-order valence-electron chi connectivity index (χ0n) is 15.8. The second-order valence-corrected chi connectivity index (χ2v) is 9.51. The summed E-state index contributed by atoms with van der Waals surface area (Å²) in [5, 5.41) is 1.50. The summed E-state index contributed by atoms with van der Waals surface area (Å²) in [6, 6.07) is 11.0. The van der Waals surface area contributed by atoms with Crippen LogP contribution in [0.15, 0.2) is 47.6 Å². The van der Waals surface area contributed by atoms with Crippen LogP contribution in [-0.2, 0) is 9.84 Å². The van der Waals surface area contributed by atoms with Gasteiger partial charge in [-0.15, -0.1) is 0 Å². The number of fused-ring (bicyclic) bond motifs is 1.